The van der Waals surface area contributed by atoms with E-state index in [1.807, 2.05) is 11.9 Å². The molecule has 0 radical (unpaired) electrons. The average molecular weight is 343 g/mol. The van der Waals surface area contributed by atoms with Gasteiger partial charge in [-0.2, -0.15) is 5.10 Å². The Labute approximate surface area is 138 Å². The first-order valence-electron chi connectivity index (χ1n) is 6.87. The van der Waals surface area contributed by atoms with Crippen molar-refractivity contribution in [3.05, 3.63) is 40.4 Å². The fourth-order valence-electron chi connectivity index (χ4n) is 2.48. The number of likely N-dealkylation sites (tertiary alicyclic amines) is 1. The highest BCUT2D eigenvalue weighted by atomic mass is 35.5. The summed E-state index contributed by atoms with van der Waals surface area (Å²) in [5.41, 5.74) is 0.736. The summed E-state index contributed by atoms with van der Waals surface area (Å²) in [7, 11) is 1.82. The van der Waals surface area contributed by atoms with E-state index in [9.17, 15) is 5.11 Å². The molecule has 1 saturated heterocycles. The number of ether oxygens (including phenoxy) is 1. The summed E-state index contributed by atoms with van der Waals surface area (Å²) < 4.78 is 7.43. The molecule has 0 unspecified atom stereocenters. The molecule has 1 aliphatic rings. The van der Waals surface area contributed by atoms with E-state index in [4.69, 9.17) is 27.9 Å². The highest BCUT2D eigenvalue weighted by molar-refractivity contribution is 6.34. The molecule has 8 heteroatoms. The van der Waals surface area contributed by atoms with E-state index in [1.165, 1.54) is 0 Å². The second-order valence-electron chi connectivity index (χ2n) is 5.35. The van der Waals surface area contributed by atoms with Crippen LogP contribution in [0.2, 0.25) is 10.0 Å². The number of hydrogen-bond donors (Lipinski definition) is 1. The van der Waals surface area contributed by atoms with E-state index in [0.717, 1.165) is 5.69 Å². The van der Waals surface area contributed by atoms with Crippen molar-refractivity contribution in [2.45, 2.75) is 18.8 Å². The topological polar surface area (TPSA) is 63.4 Å². The van der Waals surface area contributed by atoms with Gasteiger partial charge in [0.25, 0.3) is 0 Å². The molecule has 6 nitrogen and oxygen atoms in total. The zero-order valence-corrected chi connectivity index (χ0v) is 13.5. The van der Waals surface area contributed by atoms with Gasteiger partial charge in [-0.1, -0.05) is 23.2 Å². The molecule has 2 aromatic rings. The van der Waals surface area contributed by atoms with Gasteiger partial charge in [0, 0.05) is 32.9 Å². The van der Waals surface area contributed by atoms with Crippen LogP contribution in [0.25, 0.3) is 0 Å². The van der Waals surface area contributed by atoms with Crippen LogP contribution in [0.4, 0.5) is 0 Å². The zero-order valence-electron chi connectivity index (χ0n) is 12.0. The van der Waals surface area contributed by atoms with Gasteiger partial charge in [0.2, 0.25) is 0 Å². The third-order valence-corrected chi connectivity index (χ3v) is 4.07. The maximum absolute atomic E-state index is 10.2. The van der Waals surface area contributed by atoms with Crippen LogP contribution in [0.15, 0.2) is 24.7 Å². The first-order valence-corrected chi connectivity index (χ1v) is 7.62. The number of aromatic nitrogens is 3. The van der Waals surface area contributed by atoms with Gasteiger partial charge in [0.1, 0.15) is 12.2 Å². The minimum Gasteiger partial charge on any atom is -0.483 e. The third-order valence-electron chi connectivity index (χ3n) is 3.54. The number of halogens is 2. The van der Waals surface area contributed by atoms with Crippen molar-refractivity contribution in [2.75, 3.05) is 13.1 Å². The van der Waals surface area contributed by atoms with Gasteiger partial charge in [-0.05, 0) is 6.07 Å². The maximum Gasteiger partial charge on any atom is 0.157 e. The lowest BCUT2D eigenvalue weighted by molar-refractivity contribution is 0.0736. The van der Waals surface area contributed by atoms with Crippen molar-refractivity contribution in [1.29, 1.82) is 0 Å². The molecule has 22 heavy (non-hydrogen) atoms. The standard InChI is InChI=1S/C14H16Cl2N4O2/c1-19-5-10(4-18-19)22-14-8-20(7-13(14)21)6-12-11(16)2-9(15)3-17-12/h2-5,13-14,21H,6-8H2,1H3/t13-,14-/m1/s1. The second kappa shape index (κ2) is 6.42. The number of aliphatic hydroxyl groups excluding tert-OH is 1. The molecule has 1 aliphatic heterocycles. The lowest BCUT2D eigenvalue weighted by atomic mass is 10.3. The predicted molar refractivity (Wildman–Crippen MR) is 83.2 cm³/mol. The van der Waals surface area contributed by atoms with Crippen molar-refractivity contribution in [2.24, 2.45) is 7.05 Å². The molecule has 1 fully saturated rings. The third kappa shape index (κ3) is 3.52. The Balaban J connectivity index is 1.62. The Hall–Kier alpha value is -1.34. The molecule has 2 aromatic heterocycles. The first-order chi connectivity index (χ1) is 10.5. The van der Waals surface area contributed by atoms with Crippen molar-refractivity contribution < 1.29 is 9.84 Å². The lowest BCUT2D eigenvalue weighted by Crippen LogP contribution is -2.29. The molecule has 3 rings (SSSR count). The van der Waals surface area contributed by atoms with Crippen molar-refractivity contribution in [3.63, 3.8) is 0 Å². The SMILES string of the molecule is Cn1cc(O[C@@H]2CN(Cc3ncc(Cl)cc3Cl)C[C@H]2O)cn1. The fraction of sp³-hybridized carbons (Fsp3) is 0.429. The van der Waals surface area contributed by atoms with E-state index in [0.29, 0.717) is 35.4 Å². The second-order valence-corrected chi connectivity index (χ2v) is 6.19. The minimum atomic E-state index is -0.564. The van der Waals surface area contributed by atoms with Crippen LogP contribution in [0.1, 0.15) is 5.69 Å². The van der Waals surface area contributed by atoms with Crippen LogP contribution >= 0.6 is 23.2 Å². The smallest absolute Gasteiger partial charge is 0.157 e. The average Bonchev–Trinajstić information content (AvgIpc) is 3.00. The molecule has 0 spiro atoms. The summed E-state index contributed by atoms with van der Waals surface area (Å²) in [5, 5.41) is 15.2. The largest absolute Gasteiger partial charge is 0.483 e. The summed E-state index contributed by atoms with van der Waals surface area (Å²) in [6, 6.07) is 1.67. The minimum absolute atomic E-state index is 0.296. The zero-order chi connectivity index (χ0) is 15.7. The number of aryl methyl sites for hydroxylation is 1. The van der Waals surface area contributed by atoms with Crippen molar-refractivity contribution in [3.8, 4) is 5.75 Å². The van der Waals surface area contributed by atoms with Gasteiger partial charge >= 0.3 is 0 Å². The van der Waals surface area contributed by atoms with Gasteiger partial charge in [0.05, 0.1) is 28.1 Å². The highest BCUT2D eigenvalue weighted by Gasteiger charge is 2.33. The summed E-state index contributed by atoms with van der Waals surface area (Å²) >= 11 is 12.0. The van der Waals surface area contributed by atoms with Crippen LogP contribution < -0.4 is 4.74 Å². The summed E-state index contributed by atoms with van der Waals surface area (Å²) in [4.78, 5) is 6.29. The number of hydrogen-bond acceptors (Lipinski definition) is 5. The molecule has 3 heterocycles. The number of rotatable bonds is 4. The van der Waals surface area contributed by atoms with Crippen LogP contribution in [0.5, 0.6) is 5.75 Å². The fourth-order valence-corrected chi connectivity index (χ4v) is 2.92. The molecule has 118 valence electrons. The maximum atomic E-state index is 10.2. The number of pyridine rings is 1. The van der Waals surface area contributed by atoms with Crippen LogP contribution in [-0.4, -0.2) is 50.1 Å². The van der Waals surface area contributed by atoms with Crippen LogP contribution in [-0.2, 0) is 13.6 Å². The Kier molecular flexibility index (Phi) is 4.54. The monoisotopic (exact) mass is 342 g/mol. The van der Waals surface area contributed by atoms with Crippen molar-refractivity contribution in [1.82, 2.24) is 19.7 Å². The Morgan fingerprint density at radius 3 is 2.86 bits per heavy atom. The Morgan fingerprint density at radius 2 is 2.18 bits per heavy atom. The molecule has 2 atom stereocenters. The van der Waals surface area contributed by atoms with Gasteiger partial charge in [-0.3, -0.25) is 14.6 Å². The van der Waals surface area contributed by atoms with Crippen LogP contribution in [0, 0.1) is 0 Å². The quantitative estimate of drug-likeness (QED) is 0.916. The molecular weight excluding hydrogens is 327 g/mol. The van der Waals surface area contributed by atoms with Gasteiger partial charge in [0.15, 0.2) is 5.75 Å². The molecule has 0 saturated carbocycles. The van der Waals surface area contributed by atoms with Crippen molar-refractivity contribution >= 4 is 23.2 Å². The van der Waals surface area contributed by atoms with E-state index in [-0.39, 0.29) is 6.10 Å². The van der Waals surface area contributed by atoms with Gasteiger partial charge in [-0.15, -0.1) is 0 Å². The summed E-state index contributed by atoms with van der Waals surface area (Å²) in [5.74, 6) is 0.649. The molecular formula is C14H16Cl2N4O2. The molecule has 0 amide bonds. The predicted octanol–water partition coefficient (Wildman–Crippen LogP) is 1.75. The van der Waals surface area contributed by atoms with E-state index >= 15 is 0 Å². The summed E-state index contributed by atoms with van der Waals surface area (Å²) in [6.07, 6.45) is 4.11. The summed E-state index contributed by atoms with van der Waals surface area (Å²) in [6.45, 7) is 1.64. The normalized spacial score (nSPS) is 22.2. The van der Waals surface area contributed by atoms with E-state index in [1.54, 1.807) is 29.3 Å². The first kappa shape index (κ1) is 15.6. The number of nitrogens with zero attached hydrogens (tertiary/aromatic N) is 4. The van der Waals surface area contributed by atoms with Crippen LogP contribution in [0.3, 0.4) is 0 Å². The Bertz CT molecular complexity index is 664. The van der Waals surface area contributed by atoms with Gasteiger partial charge in [-0.25, -0.2) is 0 Å². The lowest BCUT2D eigenvalue weighted by Gasteiger charge is -2.16. The van der Waals surface area contributed by atoms with Gasteiger partial charge < -0.3 is 9.84 Å². The molecule has 0 aliphatic carbocycles. The number of β-amino-alcohol motifs (C(OH)–C–C–N with tert-alkyl or cyclic N) is 1. The highest BCUT2D eigenvalue weighted by Crippen LogP contribution is 2.23. The Morgan fingerprint density at radius 1 is 1.36 bits per heavy atom. The van der Waals surface area contributed by atoms with E-state index in [2.05, 4.69) is 10.1 Å². The molecule has 1 N–H and O–H groups in total. The molecule has 0 bridgehead atoms. The molecule has 0 aromatic carbocycles. The number of aliphatic hydroxyl groups is 1. The van der Waals surface area contributed by atoms with E-state index < -0.39 is 6.10 Å².